The molecule has 1 heterocycles. The predicted octanol–water partition coefficient (Wildman–Crippen LogP) is 6.16. The molecule has 0 saturated heterocycles. The molecule has 0 aromatic heterocycles. The van der Waals surface area contributed by atoms with Gasteiger partial charge < -0.3 is 10.2 Å². The highest BCUT2D eigenvalue weighted by atomic mass is 35.5. The summed E-state index contributed by atoms with van der Waals surface area (Å²) in [5.41, 5.74) is 1.44. The number of anilines is 1. The molecule has 0 fully saturated rings. The number of nitrogens with one attached hydrogen (secondary N) is 1. The first-order valence-corrected chi connectivity index (χ1v) is 13.7. The molecule has 3 rings (SSSR count). The number of para-hydroxylation sites is 1. The third kappa shape index (κ3) is 6.90. The highest BCUT2D eigenvalue weighted by Gasteiger charge is 2.39. The summed E-state index contributed by atoms with van der Waals surface area (Å²) in [5, 5.41) is 2.73. The van der Waals surface area contributed by atoms with Crippen LogP contribution < -0.4 is 10.2 Å². The Morgan fingerprint density at radius 3 is 2.76 bits per heavy atom. The number of unbranched alkanes of at least 4 members (excludes halogenated alkanes) is 1. The standard InChI is InChI=1S/C25H30ClFN2O2S2/c1-3-4-13-32-14-7-12-28-24(30)17(2)23-25(31)29(21-8-5-6-9-22(21)33-23)16-18-10-11-19(27)15-20(18)26/h5-6,8-11,15,17,23H,3-4,7,12-14,16H2,1-2H3,(H,28,30)/t17-,23-/m0/s1. The Balaban J connectivity index is 1.68. The van der Waals surface area contributed by atoms with Crippen molar-refractivity contribution in [1.29, 1.82) is 0 Å². The van der Waals surface area contributed by atoms with E-state index in [2.05, 4.69) is 12.2 Å². The Morgan fingerprint density at radius 1 is 1.24 bits per heavy atom. The zero-order valence-corrected chi connectivity index (χ0v) is 21.4. The second-order valence-electron chi connectivity index (χ2n) is 8.07. The van der Waals surface area contributed by atoms with Crippen LogP contribution >= 0.6 is 35.1 Å². The van der Waals surface area contributed by atoms with Crippen molar-refractivity contribution in [3.05, 3.63) is 58.9 Å². The Hall–Kier alpha value is -1.70. The molecule has 0 aliphatic carbocycles. The van der Waals surface area contributed by atoms with Crippen LogP contribution in [0.15, 0.2) is 47.4 Å². The molecule has 2 amide bonds. The van der Waals surface area contributed by atoms with Gasteiger partial charge in [0.25, 0.3) is 0 Å². The number of hydrogen-bond donors (Lipinski definition) is 1. The van der Waals surface area contributed by atoms with Gasteiger partial charge in [-0.2, -0.15) is 11.8 Å². The van der Waals surface area contributed by atoms with Crippen LogP contribution in [0.1, 0.15) is 38.7 Å². The molecule has 1 aliphatic rings. The van der Waals surface area contributed by atoms with E-state index >= 15 is 0 Å². The fraction of sp³-hybridized carbons (Fsp3) is 0.440. The van der Waals surface area contributed by atoms with E-state index in [1.807, 2.05) is 36.0 Å². The highest BCUT2D eigenvalue weighted by molar-refractivity contribution is 8.01. The zero-order chi connectivity index (χ0) is 23.8. The summed E-state index contributed by atoms with van der Waals surface area (Å²) >= 11 is 9.57. The highest BCUT2D eigenvalue weighted by Crippen LogP contribution is 2.42. The Morgan fingerprint density at radius 2 is 2.00 bits per heavy atom. The van der Waals surface area contributed by atoms with Crippen LogP contribution in [0.5, 0.6) is 0 Å². The number of carbonyl (C=O) groups excluding carboxylic acids is 2. The fourth-order valence-corrected chi connectivity index (χ4v) is 6.13. The van der Waals surface area contributed by atoms with Gasteiger partial charge in [0.1, 0.15) is 11.1 Å². The quantitative estimate of drug-likeness (QED) is 0.369. The Labute approximate surface area is 209 Å². The summed E-state index contributed by atoms with van der Waals surface area (Å²) in [6, 6.07) is 11.8. The summed E-state index contributed by atoms with van der Waals surface area (Å²) in [6.45, 7) is 4.81. The normalized spacial score (nSPS) is 16.4. The molecule has 0 radical (unpaired) electrons. The van der Waals surface area contributed by atoms with Crippen LogP contribution in [0.25, 0.3) is 0 Å². The minimum atomic E-state index is -0.543. The molecule has 2 aromatic carbocycles. The molecular formula is C25H30ClFN2O2S2. The lowest BCUT2D eigenvalue weighted by molar-refractivity contribution is -0.128. The van der Waals surface area contributed by atoms with E-state index in [-0.39, 0.29) is 23.4 Å². The average Bonchev–Trinajstić information content (AvgIpc) is 2.81. The molecule has 2 aromatic rings. The predicted molar refractivity (Wildman–Crippen MR) is 138 cm³/mol. The lowest BCUT2D eigenvalue weighted by Gasteiger charge is -2.36. The van der Waals surface area contributed by atoms with E-state index in [0.717, 1.165) is 28.5 Å². The largest absolute Gasteiger partial charge is 0.356 e. The number of halogens is 2. The molecule has 0 spiro atoms. The number of amides is 2. The number of thioether (sulfide) groups is 2. The molecule has 1 aliphatic heterocycles. The number of benzene rings is 2. The van der Waals surface area contributed by atoms with Gasteiger partial charge in [0.2, 0.25) is 11.8 Å². The van der Waals surface area contributed by atoms with E-state index < -0.39 is 17.0 Å². The van der Waals surface area contributed by atoms with Gasteiger partial charge in [-0.25, -0.2) is 4.39 Å². The van der Waals surface area contributed by atoms with Crippen LogP contribution in [0, 0.1) is 11.7 Å². The molecule has 0 saturated carbocycles. The Bertz CT molecular complexity index is 975. The zero-order valence-electron chi connectivity index (χ0n) is 19.0. The number of rotatable bonds is 11. The summed E-state index contributed by atoms with van der Waals surface area (Å²) in [7, 11) is 0. The van der Waals surface area contributed by atoms with Crippen molar-refractivity contribution < 1.29 is 14.0 Å². The molecule has 0 unspecified atom stereocenters. The van der Waals surface area contributed by atoms with E-state index in [9.17, 15) is 14.0 Å². The summed E-state index contributed by atoms with van der Waals surface area (Å²) in [5.74, 6) is 1.01. The van der Waals surface area contributed by atoms with Gasteiger partial charge >= 0.3 is 0 Å². The second kappa shape index (κ2) is 12.7. The third-order valence-corrected chi connectivity index (χ3v) is 8.51. The van der Waals surface area contributed by atoms with Crippen molar-refractivity contribution in [1.82, 2.24) is 5.32 Å². The number of nitrogens with zero attached hydrogens (tertiary/aromatic N) is 1. The maximum atomic E-state index is 13.5. The second-order valence-corrected chi connectivity index (χ2v) is 10.9. The average molecular weight is 509 g/mol. The Kier molecular flexibility index (Phi) is 9.95. The van der Waals surface area contributed by atoms with Crippen molar-refractivity contribution >= 4 is 52.6 Å². The van der Waals surface area contributed by atoms with Crippen molar-refractivity contribution in [2.45, 2.75) is 49.8 Å². The van der Waals surface area contributed by atoms with Crippen LogP contribution in [0.4, 0.5) is 10.1 Å². The molecule has 0 bridgehead atoms. The minimum absolute atomic E-state index is 0.112. The van der Waals surface area contributed by atoms with E-state index in [1.165, 1.54) is 36.7 Å². The third-order valence-electron chi connectivity index (χ3n) is 5.54. The summed E-state index contributed by atoms with van der Waals surface area (Å²) in [4.78, 5) is 28.9. The van der Waals surface area contributed by atoms with Crippen LogP contribution in [-0.4, -0.2) is 35.1 Å². The SMILES string of the molecule is CCCCSCCCNC(=O)[C@@H](C)[C@@H]1Sc2ccccc2N(Cc2ccc(F)cc2Cl)C1=O. The van der Waals surface area contributed by atoms with Crippen molar-refractivity contribution in [2.24, 2.45) is 5.92 Å². The van der Waals surface area contributed by atoms with Gasteiger partial charge in [-0.15, -0.1) is 11.8 Å². The first kappa shape index (κ1) is 25.9. The van der Waals surface area contributed by atoms with Gasteiger partial charge in [0.15, 0.2) is 0 Å². The van der Waals surface area contributed by atoms with E-state index in [4.69, 9.17) is 11.6 Å². The van der Waals surface area contributed by atoms with E-state index in [1.54, 1.807) is 17.9 Å². The monoisotopic (exact) mass is 508 g/mol. The number of fused-ring (bicyclic) bond motifs is 1. The minimum Gasteiger partial charge on any atom is -0.356 e. The van der Waals surface area contributed by atoms with Crippen LogP contribution in [0.2, 0.25) is 5.02 Å². The molecule has 8 heteroatoms. The number of hydrogen-bond acceptors (Lipinski definition) is 4. The summed E-state index contributed by atoms with van der Waals surface area (Å²) < 4.78 is 13.5. The molecular weight excluding hydrogens is 479 g/mol. The van der Waals surface area contributed by atoms with Crippen molar-refractivity contribution in [3.63, 3.8) is 0 Å². The molecule has 33 heavy (non-hydrogen) atoms. The van der Waals surface area contributed by atoms with Gasteiger partial charge in [-0.3, -0.25) is 9.59 Å². The van der Waals surface area contributed by atoms with Crippen LogP contribution in [0.3, 0.4) is 0 Å². The smallest absolute Gasteiger partial charge is 0.241 e. The van der Waals surface area contributed by atoms with Gasteiger partial charge in [0.05, 0.1) is 18.2 Å². The van der Waals surface area contributed by atoms with E-state index in [0.29, 0.717) is 12.1 Å². The molecule has 2 atom stereocenters. The lowest BCUT2D eigenvalue weighted by atomic mass is 10.0. The summed E-state index contributed by atoms with van der Waals surface area (Å²) in [6.07, 6.45) is 3.33. The first-order valence-electron chi connectivity index (χ1n) is 11.3. The molecule has 178 valence electrons. The first-order chi connectivity index (χ1) is 15.9. The van der Waals surface area contributed by atoms with Crippen LogP contribution in [-0.2, 0) is 16.1 Å². The maximum absolute atomic E-state index is 13.5. The maximum Gasteiger partial charge on any atom is 0.241 e. The number of carbonyl (C=O) groups is 2. The van der Waals surface area contributed by atoms with Crippen molar-refractivity contribution in [2.75, 3.05) is 23.0 Å². The van der Waals surface area contributed by atoms with Gasteiger partial charge in [-0.05, 0) is 54.2 Å². The fourth-order valence-electron chi connectivity index (χ4n) is 3.57. The lowest BCUT2D eigenvalue weighted by Crippen LogP contribution is -2.47. The molecule has 1 N–H and O–H groups in total. The topological polar surface area (TPSA) is 49.4 Å². The molecule has 4 nitrogen and oxygen atoms in total. The van der Waals surface area contributed by atoms with Gasteiger partial charge in [-0.1, -0.05) is 50.1 Å². The van der Waals surface area contributed by atoms with Gasteiger partial charge in [0, 0.05) is 16.5 Å². The van der Waals surface area contributed by atoms with Crippen molar-refractivity contribution in [3.8, 4) is 0 Å².